The minimum absolute atomic E-state index is 0.00771. The Balaban J connectivity index is 1.33. The lowest BCUT2D eigenvalue weighted by Crippen LogP contribution is -2.55. The number of likely N-dealkylation sites (tertiary alicyclic amines) is 1. The number of β-amino-alcohol motifs (C(OH)–C–C–N with tert-alkyl or cyclic N) is 1. The number of aliphatic hydroxyl groups is 1. The average Bonchev–Trinajstić information content (AvgIpc) is 3.45. The number of carbonyl (C=O) groups excluding carboxylic acids is 1. The van der Waals surface area contributed by atoms with Gasteiger partial charge < -0.3 is 25.0 Å². The molecule has 1 aliphatic carbocycles. The zero-order valence-corrected chi connectivity index (χ0v) is 21.4. The van der Waals surface area contributed by atoms with Crippen LogP contribution in [0.2, 0.25) is 0 Å². The SMILES string of the molecule is CC(C)Oc1ccc(-c2nc(-c3cccc4c3CC[C@H]4NS(=O)(=O)CC(=O)N3CC(O)C3)no2)cc1N. The van der Waals surface area contributed by atoms with Gasteiger partial charge >= 0.3 is 0 Å². The molecule has 2 aromatic carbocycles. The third kappa shape index (κ3) is 5.31. The van der Waals surface area contributed by atoms with Gasteiger partial charge in [0, 0.05) is 30.3 Å². The summed E-state index contributed by atoms with van der Waals surface area (Å²) >= 11 is 0. The topological polar surface area (TPSA) is 161 Å². The van der Waals surface area contributed by atoms with E-state index in [1.807, 2.05) is 32.0 Å². The molecule has 5 rings (SSSR count). The summed E-state index contributed by atoms with van der Waals surface area (Å²) in [6.45, 7) is 4.17. The van der Waals surface area contributed by atoms with Crippen molar-refractivity contribution in [3.8, 4) is 28.6 Å². The number of aliphatic hydroxyl groups excluding tert-OH is 1. The molecule has 37 heavy (non-hydrogen) atoms. The number of anilines is 1. The number of fused-ring (bicyclic) bond motifs is 1. The van der Waals surface area contributed by atoms with Crippen LogP contribution in [0.1, 0.15) is 37.4 Å². The number of aromatic nitrogens is 2. The van der Waals surface area contributed by atoms with Crippen LogP contribution in [-0.4, -0.2) is 65.5 Å². The highest BCUT2D eigenvalue weighted by atomic mass is 32.2. The maximum Gasteiger partial charge on any atom is 0.258 e. The molecule has 0 spiro atoms. The highest BCUT2D eigenvalue weighted by molar-refractivity contribution is 7.90. The number of benzene rings is 2. The van der Waals surface area contributed by atoms with Crippen molar-refractivity contribution in [1.82, 2.24) is 19.8 Å². The molecule has 196 valence electrons. The molecule has 11 nitrogen and oxygen atoms in total. The van der Waals surface area contributed by atoms with E-state index in [0.717, 1.165) is 16.7 Å². The fraction of sp³-hybridized carbons (Fsp3) is 0.400. The standard InChI is InChI=1S/C25H29N5O6S/c1-14(2)35-22-9-6-15(10-20(22)26)25-27-24(28-36-25)19-5-3-4-18-17(19)7-8-21(18)29-37(33,34)13-23(32)30-11-16(31)12-30/h3-6,9-10,14,16,21,29,31H,7-8,11-13,26H2,1-2H3/t21-/m1/s1. The van der Waals surface area contributed by atoms with E-state index in [1.54, 1.807) is 18.2 Å². The van der Waals surface area contributed by atoms with Crippen molar-refractivity contribution in [2.75, 3.05) is 24.6 Å². The summed E-state index contributed by atoms with van der Waals surface area (Å²) < 4.78 is 39.2. The summed E-state index contributed by atoms with van der Waals surface area (Å²) in [5.74, 6) is 0.109. The normalized spacial score (nSPS) is 17.6. The Labute approximate surface area is 214 Å². The van der Waals surface area contributed by atoms with E-state index < -0.39 is 33.8 Å². The van der Waals surface area contributed by atoms with Crippen molar-refractivity contribution in [2.24, 2.45) is 0 Å². The molecule has 0 saturated carbocycles. The van der Waals surface area contributed by atoms with Gasteiger partial charge in [0.05, 0.1) is 17.9 Å². The molecule has 2 aliphatic rings. The minimum atomic E-state index is -3.87. The highest BCUT2D eigenvalue weighted by Gasteiger charge is 2.34. The number of ether oxygens (including phenoxy) is 1. The quantitative estimate of drug-likeness (QED) is 0.372. The van der Waals surface area contributed by atoms with Crippen LogP contribution >= 0.6 is 0 Å². The Kier molecular flexibility index (Phi) is 6.65. The summed E-state index contributed by atoms with van der Waals surface area (Å²) in [5, 5.41) is 13.5. The monoisotopic (exact) mass is 527 g/mol. The number of nitrogens with one attached hydrogen (secondary N) is 1. The second-order valence-corrected chi connectivity index (χ2v) is 11.4. The largest absolute Gasteiger partial charge is 0.489 e. The number of nitrogens with zero attached hydrogens (tertiary/aromatic N) is 3. The van der Waals surface area contributed by atoms with Crippen molar-refractivity contribution < 1.29 is 27.6 Å². The van der Waals surface area contributed by atoms with E-state index in [4.69, 9.17) is 15.0 Å². The molecular weight excluding hydrogens is 498 g/mol. The van der Waals surface area contributed by atoms with Gasteiger partial charge in [-0.1, -0.05) is 23.4 Å². The van der Waals surface area contributed by atoms with E-state index >= 15 is 0 Å². The van der Waals surface area contributed by atoms with Gasteiger partial charge in [0.2, 0.25) is 21.8 Å². The van der Waals surface area contributed by atoms with E-state index in [0.29, 0.717) is 41.6 Å². The molecule has 1 aliphatic heterocycles. The Hall–Kier alpha value is -3.48. The first-order valence-corrected chi connectivity index (χ1v) is 13.7. The Morgan fingerprint density at radius 1 is 1.30 bits per heavy atom. The van der Waals surface area contributed by atoms with Gasteiger partial charge in [0.15, 0.2) is 0 Å². The molecule has 1 saturated heterocycles. The summed E-state index contributed by atoms with van der Waals surface area (Å²) in [6.07, 6.45) is 0.566. The lowest BCUT2D eigenvalue weighted by atomic mass is 10.0. The number of carbonyl (C=O) groups is 1. The van der Waals surface area contributed by atoms with Crippen molar-refractivity contribution in [1.29, 1.82) is 0 Å². The first-order valence-electron chi connectivity index (χ1n) is 12.1. The van der Waals surface area contributed by atoms with Crippen LogP contribution in [0.15, 0.2) is 40.9 Å². The molecular formula is C25H29N5O6S. The number of amides is 1. The van der Waals surface area contributed by atoms with Crippen LogP contribution in [-0.2, 0) is 21.2 Å². The number of hydrogen-bond donors (Lipinski definition) is 3. The average molecular weight is 528 g/mol. The predicted octanol–water partition coefficient (Wildman–Crippen LogP) is 1.88. The molecule has 4 N–H and O–H groups in total. The van der Waals surface area contributed by atoms with E-state index in [9.17, 15) is 18.3 Å². The van der Waals surface area contributed by atoms with Gasteiger partial charge in [-0.05, 0) is 56.0 Å². The van der Waals surface area contributed by atoms with Gasteiger partial charge in [-0.3, -0.25) is 4.79 Å². The predicted molar refractivity (Wildman–Crippen MR) is 136 cm³/mol. The summed E-state index contributed by atoms with van der Waals surface area (Å²) in [4.78, 5) is 18.1. The molecule has 1 amide bonds. The minimum Gasteiger partial charge on any atom is -0.489 e. The summed E-state index contributed by atoms with van der Waals surface area (Å²) in [7, 11) is -3.87. The van der Waals surface area contributed by atoms with Gasteiger partial charge in [-0.25, -0.2) is 13.1 Å². The summed E-state index contributed by atoms with van der Waals surface area (Å²) in [5.41, 5.74) is 9.75. The van der Waals surface area contributed by atoms with Crippen molar-refractivity contribution >= 4 is 21.6 Å². The van der Waals surface area contributed by atoms with Gasteiger partial charge in [0.25, 0.3) is 5.89 Å². The first kappa shape index (κ1) is 25.2. The van der Waals surface area contributed by atoms with E-state index in [-0.39, 0.29) is 19.2 Å². The van der Waals surface area contributed by atoms with Crippen LogP contribution in [0, 0.1) is 0 Å². The fourth-order valence-electron chi connectivity index (χ4n) is 4.65. The Morgan fingerprint density at radius 3 is 2.78 bits per heavy atom. The molecule has 1 fully saturated rings. The Morgan fingerprint density at radius 2 is 2.08 bits per heavy atom. The molecule has 2 heterocycles. The molecule has 0 unspecified atom stereocenters. The van der Waals surface area contributed by atoms with Gasteiger partial charge in [-0.2, -0.15) is 4.98 Å². The van der Waals surface area contributed by atoms with Crippen LogP contribution in [0.3, 0.4) is 0 Å². The smallest absolute Gasteiger partial charge is 0.258 e. The first-order chi connectivity index (χ1) is 17.6. The van der Waals surface area contributed by atoms with E-state index in [1.165, 1.54) is 4.90 Å². The van der Waals surface area contributed by atoms with E-state index in [2.05, 4.69) is 14.9 Å². The lowest BCUT2D eigenvalue weighted by molar-refractivity contribution is -0.138. The lowest BCUT2D eigenvalue weighted by Gasteiger charge is -2.35. The van der Waals surface area contributed by atoms with Gasteiger partial charge in [0.1, 0.15) is 11.5 Å². The van der Waals surface area contributed by atoms with Crippen molar-refractivity contribution in [2.45, 2.75) is 44.9 Å². The second-order valence-electron chi connectivity index (χ2n) is 9.64. The molecule has 0 radical (unpaired) electrons. The van der Waals surface area contributed by atoms with Crippen molar-refractivity contribution in [3.05, 3.63) is 47.5 Å². The van der Waals surface area contributed by atoms with Crippen LogP contribution in [0.4, 0.5) is 5.69 Å². The maximum absolute atomic E-state index is 12.7. The third-order valence-corrected chi connectivity index (χ3v) is 7.68. The zero-order valence-electron chi connectivity index (χ0n) is 20.5. The zero-order chi connectivity index (χ0) is 26.3. The molecule has 1 aromatic heterocycles. The second kappa shape index (κ2) is 9.77. The number of hydrogen-bond acceptors (Lipinski definition) is 9. The molecule has 0 bridgehead atoms. The van der Waals surface area contributed by atoms with Crippen LogP contribution < -0.4 is 15.2 Å². The van der Waals surface area contributed by atoms with Crippen LogP contribution in [0.5, 0.6) is 5.75 Å². The maximum atomic E-state index is 12.7. The summed E-state index contributed by atoms with van der Waals surface area (Å²) in [6, 6.07) is 10.4. The third-order valence-electron chi connectivity index (χ3n) is 6.41. The van der Waals surface area contributed by atoms with Gasteiger partial charge in [-0.15, -0.1) is 0 Å². The molecule has 12 heteroatoms. The molecule has 1 atom stereocenters. The van der Waals surface area contributed by atoms with Crippen molar-refractivity contribution in [3.63, 3.8) is 0 Å². The Bertz CT molecular complexity index is 1430. The number of nitrogen functional groups attached to an aromatic ring is 1. The highest BCUT2D eigenvalue weighted by Crippen LogP contribution is 2.38. The molecule has 3 aromatic rings. The number of nitrogens with two attached hydrogens (primary N) is 1. The number of rotatable bonds is 8. The van der Waals surface area contributed by atoms with Crippen LogP contribution in [0.25, 0.3) is 22.8 Å². The number of sulfonamides is 1. The fourth-order valence-corrected chi connectivity index (χ4v) is 5.92.